The van der Waals surface area contributed by atoms with Crippen LogP contribution in [0.3, 0.4) is 0 Å². The first-order chi connectivity index (χ1) is 11.8. The van der Waals surface area contributed by atoms with Crippen LogP contribution in [0.25, 0.3) is 0 Å². The van der Waals surface area contributed by atoms with Gasteiger partial charge in [-0.3, -0.25) is 4.79 Å². The van der Waals surface area contributed by atoms with Crippen molar-refractivity contribution in [3.05, 3.63) is 64.2 Å². The summed E-state index contributed by atoms with van der Waals surface area (Å²) >= 11 is 5.96. The second kappa shape index (κ2) is 7.99. The van der Waals surface area contributed by atoms with Crippen LogP contribution in [0.1, 0.15) is 40.9 Å². The van der Waals surface area contributed by atoms with Gasteiger partial charge in [-0.2, -0.15) is 0 Å². The van der Waals surface area contributed by atoms with Gasteiger partial charge in [-0.25, -0.2) is 13.1 Å². The van der Waals surface area contributed by atoms with Gasteiger partial charge < -0.3 is 5.32 Å². The van der Waals surface area contributed by atoms with E-state index in [-0.39, 0.29) is 27.4 Å². The Morgan fingerprint density at radius 1 is 1.16 bits per heavy atom. The first-order valence-electron chi connectivity index (χ1n) is 7.89. The van der Waals surface area contributed by atoms with Gasteiger partial charge in [0, 0.05) is 5.56 Å². The molecular weight excluding hydrogens is 360 g/mol. The zero-order valence-corrected chi connectivity index (χ0v) is 15.9. The summed E-state index contributed by atoms with van der Waals surface area (Å²) in [6.07, 6.45) is 0.712. The maximum atomic E-state index is 12.6. The largest absolute Gasteiger partial charge is 0.345 e. The van der Waals surface area contributed by atoms with E-state index in [0.717, 1.165) is 11.1 Å². The van der Waals surface area contributed by atoms with E-state index in [4.69, 9.17) is 11.6 Å². The number of aryl methyl sites for hydroxylation is 1. The molecule has 2 aromatic carbocycles. The Labute approximate surface area is 153 Å². The molecule has 0 heterocycles. The molecule has 1 amide bonds. The second-order valence-corrected chi connectivity index (χ2v) is 7.96. The summed E-state index contributed by atoms with van der Waals surface area (Å²) in [4.78, 5) is 12.4. The highest BCUT2D eigenvalue weighted by atomic mass is 35.5. The van der Waals surface area contributed by atoms with E-state index in [9.17, 15) is 13.2 Å². The predicted molar refractivity (Wildman–Crippen MR) is 99.4 cm³/mol. The molecule has 0 aliphatic rings. The number of benzene rings is 2. The topological polar surface area (TPSA) is 75.3 Å². The highest BCUT2D eigenvalue weighted by Crippen LogP contribution is 2.23. The fraction of sp³-hybridized carbons (Fsp3) is 0.278. The lowest BCUT2D eigenvalue weighted by molar-refractivity contribution is 0.0935. The highest BCUT2D eigenvalue weighted by molar-refractivity contribution is 7.89. The number of halogens is 1. The zero-order valence-electron chi connectivity index (χ0n) is 14.3. The summed E-state index contributed by atoms with van der Waals surface area (Å²) < 4.78 is 26.2. The van der Waals surface area contributed by atoms with Crippen LogP contribution in [0, 0.1) is 6.92 Å². The van der Waals surface area contributed by atoms with Crippen LogP contribution in [-0.4, -0.2) is 21.4 Å². The maximum Gasteiger partial charge on any atom is 0.251 e. The van der Waals surface area contributed by atoms with Gasteiger partial charge in [0.05, 0.1) is 11.1 Å². The third kappa shape index (κ3) is 4.60. The molecule has 25 heavy (non-hydrogen) atoms. The Balaban J connectivity index is 2.28. The molecule has 5 nitrogen and oxygen atoms in total. The lowest BCUT2D eigenvalue weighted by Crippen LogP contribution is -2.28. The molecule has 134 valence electrons. The minimum Gasteiger partial charge on any atom is -0.345 e. The van der Waals surface area contributed by atoms with Crippen molar-refractivity contribution < 1.29 is 13.2 Å². The number of hydrogen-bond acceptors (Lipinski definition) is 3. The number of nitrogens with one attached hydrogen (secondary N) is 2. The fourth-order valence-electron chi connectivity index (χ4n) is 2.42. The van der Waals surface area contributed by atoms with Crippen molar-refractivity contribution in [2.75, 3.05) is 7.05 Å². The van der Waals surface area contributed by atoms with Gasteiger partial charge in [-0.15, -0.1) is 0 Å². The Morgan fingerprint density at radius 2 is 1.80 bits per heavy atom. The van der Waals surface area contributed by atoms with E-state index < -0.39 is 10.0 Å². The van der Waals surface area contributed by atoms with Crippen LogP contribution in [0.4, 0.5) is 0 Å². The van der Waals surface area contributed by atoms with Crippen LogP contribution in [0.5, 0.6) is 0 Å². The van der Waals surface area contributed by atoms with Crippen molar-refractivity contribution >= 4 is 27.5 Å². The molecule has 2 N–H and O–H groups in total. The minimum atomic E-state index is -3.74. The molecular formula is C18H21ClN2O3S. The Bertz CT molecular complexity index is 864. The van der Waals surface area contributed by atoms with Gasteiger partial charge in [-0.05, 0) is 44.2 Å². The van der Waals surface area contributed by atoms with Crippen molar-refractivity contribution in [3.63, 3.8) is 0 Å². The summed E-state index contributed by atoms with van der Waals surface area (Å²) in [7, 11) is -2.44. The van der Waals surface area contributed by atoms with Gasteiger partial charge in [0.15, 0.2) is 0 Å². The van der Waals surface area contributed by atoms with Crippen LogP contribution in [0.2, 0.25) is 5.02 Å². The summed E-state index contributed by atoms with van der Waals surface area (Å²) in [5.41, 5.74) is 2.38. The van der Waals surface area contributed by atoms with Crippen LogP contribution in [0.15, 0.2) is 47.4 Å². The monoisotopic (exact) mass is 380 g/mol. The average molecular weight is 381 g/mol. The summed E-state index contributed by atoms with van der Waals surface area (Å²) in [6.45, 7) is 3.98. The molecule has 7 heteroatoms. The molecule has 2 aromatic rings. The number of carbonyl (C=O) groups is 1. The Hall–Kier alpha value is -1.89. The van der Waals surface area contributed by atoms with Crippen molar-refractivity contribution in [3.8, 4) is 0 Å². The van der Waals surface area contributed by atoms with E-state index in [1.807, 2.05) is 38.1 Å². The van der Waals surface area contributed by atoms with Crippen molar-refractivity contribution in [2.45, 2.75) is 31.2 Å². The van der Waals surface area contributed by atoms with Crippen LogP contribution in [-0.2, 0) is 10.0 Å². The zero-order chi connectivity index (χ0) is 18.6. The minimum absolute atomic E-state index is 0.0662. The van der Waals surface area contributed by atoms with Gasteiger partial charge in [0.1, 0.15) is 4.90 Å². The lowest BCUT2D eigenvalue weighted by Gasteiger charge is -2.18. The molecule has 0 saturated heterocycles. The highest BCUT2D eigenvalue weighted by Gasteiger charge is 2.20. The normalized spacial score (nSPS) is 12.6. The van der Waals surface area contributed by atoms with E-state index in [1.165, 1.54) is 25.2 Å². The van der Waals surface area contributed by atoms with Crippen molar-refractivity contribution in [2.24, 2.45) is 0 Å². The van der Waals surface area contributed by atoms with Crippen LogP contribution < -0.4 is 10.0 Å². The van der Waals surface area contributed by atoms with Crippen molar-refractivity contribution in [1.82, 2.24) is 10.0 Å². The van der Waals surface area contributed by atoms with Gasteiger partial charge in [-0.1, -0.05) is 48.4 Å². The molecule has 0 aliphatic carbocycles. The van der Waals surface area contributed by atoms with E-state index in [2.05, 4.69) is 10.0 Å². The van der Waals surface area contributed by atoms with Crippen molar-refractivity contribution in [1.29, 1.82) is 0 Å². The second-order valence-electron chi connectivity index (χ2n) is 5.70. The summed E-state index contributed by atoms with van der Waals surface area (Å²) in [6, 6.07) is 12.0. The standard InChI is InChI=1S/C18H21ClN2O3S/c1-4-16(13-7-5-12(2)6-8-13)21-18(22)14-9-10-15(19)17(11-14)25(23,24)20-3/h5-11,16,20H,4H2,1-3H3,(H,21,22)/t16-/m1/s1. The molecule has 2 rings (SSSR count). The third-order valence-corrected chi connectivity index (χ3v) is 5.84. The number of rotatable bonds is 6. The molecule has 0 spiro atoms. The quantitative estimate of drug-likeness (QED) is 0.806. The van der Waals surface area contributed by atoms with Gasteiger partial charge in [0.25, 0.3) is 5.91 Å². The molecule has 0 saturated carbocycles. The molecule has 0 aromatic heterocycles. The van der Waals surface area contributed by atoms with E-state index in [0.29, 0.717) is 6.42 Å². The van der Waals surface area contributed by atoms with Gasteiger partial charge in [0.2, 0.25) is 10.0 Å². The molecule has 0 radical (unpaired) electrons. The van der Waals surface area contributed by atoms with Gasteiger partial charge >= 0.3 is 0 Å². The number of sulfonamides is 1. The molecule has 0 unspecified atom stereocenters. The summed E-state index contributed by atoms with van der Waals surface area (Å²) in [5, 5.41) is 3.00. The number of amides is 1. The summed E-state index contributed by atoms with van der Waals surface area (Å²) in [5.74, 6) is -0.350. The molecule has 0 fully saturated rings. The molecule has 0 aliphatic heterocycles. The number of carbonyl (C=O) groups excluding carboxylic acids is 1. The van der Waals surface area contributed by atoms with Crippen LogP contribution >= 0.6 is 11.6 Å². The average Bonchev–Trinajstić information content (AvgIpc) is 2.60. The SMILES string of the molecule is CC[C@@H](NC(=O)c1ccc(Cl)c(S(=O)(=O)NC)c1)c1ccc(C)cc1. The smallest absolute Gasteiger partial charge is 0.251 e. The Kier molecular flexibility index (Phi) is 6.21. The molecule has 1 atom stereocenters. The lowest BCUT2D eigenvalue weighted by atomic mass is 10.0. The maximum absolute atomic E-state index is 12.6. The number of hydrogen-bond donors (Lipinski definition) is 2. The fourth-order valence-corrected chi connectivity index (χ4v) is 3.67. The third-order valence-electron chi connectivity index (χ3n) is 3.94. The Morgan fingerprint density at radius 3 is 2.36 bits per heavy atom. The predicted octanol–water partition coefficient (Wildman–Crippen LogP) is 3.44. The first kappa shape index (κ1) is 19.4. The van der Waals surface area contributed by atoms with E-state index in [1.54, 1.807) is 0 Å². The molecule has 0 bridgehead atoms. The van der Waals surface area contributed by atoms with E-state index >= 15 is 0 Å². The first-order valence-corrected chi connectivity index (χ1v) is 9.75.